The summed E-state index contributed by atoms with van der Waals surface area (Å²) in [6.07, 6.45) is 0.925. The van der Waals surface area contributed by atoms with E-state index in [9.17, 15) is 14.9 Å². The Bertz CT molecular complexity index is 711. The van der Waals surface area contributed by atoms with Crippen LogP contribution in [0.1, 0.15) is 18.1 Å². The Kier molecular flexibility index (Phi) is 5.30. The molecule has 0 aromatic heterocycles. The maximum atomic E-state index is 11.9. The molecule has 0 bridgehead atoms. The van der Waals surface area contributed by atoms with Gasteiger partial charge in [-0.3, -0.25) is 14.9 Å². The van der Waals surface area contributed by atoms with Gasteiger partial charge in [-0.05, 0) is 42.7 Å². The summed E-state index contributed by atoms with van der Waals surface area (Å²) >= 11 is 0. The van der Waals surface area contributed by atoms with Crippen LogP contribution in [0.15, 0.2) is 42.5 Å². The number of amides is 1. The number of carbonyl (C=O) groups excluding carboxylic acids is 1. The van der Waals surface area contributed by atoms with E-state index in [1.54, 1.807) is 13.0 Å². The van der Waals surface area contributed by atoms with Crippen molar-refractivity contribution in [2.24, 2.45) is 0 Å². The molecule has 2 aromatic rings. The van der Waals surface area contributed by atoms with Crippen LogP contribution in [-0.2, 0) is 11.2 Å². The molecular formula is C17H18N2O4. The standard InChI is InChI=1S/C17H18N2O4/c1-3-13-5-7-14(8-6-13)18-17(20)11-23-16-9-4-12(2)10-15(16)19(21)22/h4-10H,3,11H2,1-2H3,(H,18,20). The van der Waals surface area contributed by atoms with Crippen LogP contribution in [0.5, 0.6) is 5.75 Å². The lowest BCUT2D eigenvalue weighted by Gasteiger charge is -2.08. The number of aryl methyl sites for hydroxylation is 2. The van der Waals surface area contributed by atoms with Crippen molar-refractivity contribution in [3.05, 3.63) is 63.7 Å². The van der Waals surface area contributed by atoms with Crippen molar-refractivity contribution >= 4 is 17.3 Å². The Morgan fingerprint density at radius 2 is 1.91 bits per heavy atom. The van der Waals surface area contributed by atoms with Crippen molar-refractivity contribution in [1.82, 2.24) is 0 Å². The lowest BCUT2D eigenvalue weighted by molar-refractivity contribution is -0.385. The molecule has 23 heavy (non-hydrogen) atoms. The molecule has 2 aromatic carbocycles. The summed E-state index contributed by atoms with van der Waals surface area (Å²) in [5.74, 6) is -0.291. The van der Waals surface area contributed by atoms with Crippen molar-refractivity contribution in [2.75, 3.05) is 11.9 Å². The average molecular weight is 314 g/mol. The maximum Gasteiger partial charge on any atom is 0.311 e. The third kappa shape index (κ3) is 4.54. The number of anilines is 1. The highest BCUT2D eigenvalue weighted by molar-refractivity contribution is 5.91. The molecule has 0 aliphatic carbocycles. The first-order chi connectivity index (χ1) is 11.0. The first kappa shape index (κ1) is 16.5. The zero-order valence-electron chi connectivity index (χ0n) is 13.0. The highest BCUT2D eigenvalue weighted by Gasteiger charge is 2.16. The van der Waals surface area contributed by atoms with Gasteiger partial charge < -0.3 is 10.1 Å². The summed E-state index contributed by atoms with van der Waals surface area (Å²) in [7, 11) is 0. The maximum absolute atomic E-state index is 11.9. The molecule has 0 fully saturated rings. The predicted octanol–water partition coefficient (Wildman–Crippen LogP) is 3.48. The summed E-state index contributed by atoms with van der Waals surface area (Å²) in [4.78, 5) is 22.4. The Balaban J connectivity index is 1.97. The summed E-state index contributed by atoms with van der Waals surface area (Å²) < 4.78 is 5.28. The Morgan fingerprint density at radius 1 is 1.22 bits per heavy atom. The van der Waals surface area contributed by atoms with Gasteiger partial charge in [0.2, 0.25) is 0 Å². The number of rotatable bonds is 6. The molecule has 6 heteroatoms. The minimum atomic E-state index is -0.524. The van der Waals surface area contributed by atoms with E-state index in [4.69, 9.17) is 4.74 Å². The van der Waals surface area contributed by atoms with Crippen LogP contribution < -0.4 is 10.1 Å². The van der Waals surface area contributed by atoms with Crippen LogP contribution >= 0.6 is 0 Å². The number of nitrogens with zero attached hydrogens (tertiary/aromatic N) is 1. The first-order valence-electron chi connectivity index (χ1n) is 7.26. The molecule has 0 aliphatic heterocycles. The Labute approximate surface area is 134 Å². The van der Waals surface area contributed by atoms with Crippen LogP contribution in [0.4, 0.5) is 11.4 Å². The van der Waals surface area contributed by atoms with Gasteiger partial charge in [-0.25, -0.2) is 0 Å². The number of hydrogen-bond donors (Lipinski definition) is 1. The van der Waals surface area contributed by atoms with Gasteiger partial charge in [0.25, 0.3) is 5.91 Å². The molecule has 0 aliphatic rings. The van der Waals surface area contributed by atoms with Gasteiger partial charge in [0.1, 0.15) is 0 Å². The lowest BCUT2D eigenvalue weighted by Crippen LogP contribution is -2.20. The quantitative estimate of drug-likeness (QED) is 0.653. The van der Waals surface area contributed by atoms with E-state index in [1.807, 2.05) is 24.3 Å². The molecule has 0 unspecified atom stereocenters. The first-order valence-corrected chi connectivity index (χ1v) is 7.26. The van der Waals surface area contributed by atoms with Crippen molar-refractivity contribution in [2.45, 2.75) is 20.3 Å². The van der Waals surface area contributed by atoms with Gasteiger partial charge in [-0.1, -0.05) is 25.1 Å². The molecule has 120 valence electrons. The van der Waals surface area contributed by atoms with E-state index in [2.05, 4.69) is 12.2 Å². The zero-order chi connectivity index (χ0) is 16.8. The molecule has 0 heterocycles. The fourth-order valence-corrected chi connectivity index (χ4v) is 2.06. The Hall–Kier alpha value is -2.89. The van der Waals surface area contributed by atoms with Gasteiger partial charge in [-0.2, -0.15) is 0 Å². The molecule has 6 nitrogen and oxygen atoms in total. The molecule has 1 amide bonds. The number of hydrogen-bond acceptors (Lipinski definition) is 4. The van der Waals surface area contributed by atoms with E-state index in [0.717, 1.165) is 12.0 Å². The summed E-state index contributed by atoms with van der Waals surface area (Å²) in [6.45, 7) is 3.51. The van der Waals surface area contributed by atoms with E-state index in [0.29, 0.717) is 5.69 Å². The van der Waals surface area contributed by atoms with Crippen molar-refractivity contribution in [1.29, 1.82) is 0 Å². The van der Waals surface area contributed by atoms with E-state index >= 15 is 0 Å². The second-order valence-corrected chi connectivity index (χ2v) is 5.12. The summed E-state index contributed by atoms with van der Waals surface area (Å²) in [5, 5.41) is 13.7. The highest BCUT2D eigenvalue weighted by Crippen LogP contribution is 2.27. The molecule has 0 saturated heterocycles. The van der Waals surface area contributed by atoms with E-state index in [-0.39, 0.29) is 24.0 Å². The second-order valence-electron chi connectivity index (χ2n) is 5.12. The van der Waals surface area contributed by atoms with E-state index in [1.165, 1.54) is 17.7 Å². The lowest BCUT2D eigenvalue weighted by atomic mass is 10.1. The topological polar surface area (TPSA) is 81.5 Å². The number of nitrogens with one attached hydrogen (secondary N) is 1. The van der Waals surface area contributed by atoms with Gasteiger partial charge in [0.05, 0.1) is 4.92 Å². The molecular weight excluding hydrogens is 296 g/mol. The van der Waals surface area contributed by atoms with Gasteiger partial charge in [0, 0.05) is 11.8 Å². The van der Waals surface area contributed by atoms with Crippen LogP contribution in [-0.4, -0.2) is 17.4 Å². The minimum Gasteiger partial charge on any atom is -0.477 e. The molecule has 1 N–H and O–H groups in total. The summed E-state index contributed by atoms with van der Waals surface area (Å²) in [5.41, 5.74) is 2.44. The number of ether oxygens (including phenoxy) is 1. The van der Waals surface area contributed by atoms with Crippen molar-refractivity contribution in [3.8, 4) is 5.75 Å². The second kappa shape index (κ2) is 7.40. The fourth-order valence-electron chi connectivity index (χ4n) is 2.06. The number of nitro benzene ring substituents is 1. The number of benzene rings is 2. The molecule has 0 atom stereocenters. The molecule has 0 saturated carbocycles. The number of carbonyl (C=O) groups is 1. The minimum absolute atomic E-state index is 0.0806. The Morgan fingerprint density at radius 3 is 2.52 bits per heavy atom. The normalized spacial score (nSPS) is 10.2. The monoisotopic (exact) mass is 314 g/mol. The van der Waals surface area contributed by atoms with E-state index < -0.39 is 4.92 Å². The smallest absolute Gasteiger partial charge is 0.311 e. The van der Waals surface area contributed by atoms with Crippen molar-refractivity contribution < 1.29 is 14.5 Å². The largest absolute Gasteiger partial charge is 0.477 e. The number of nitro groups is 1. The molecule has 0 spiro atoms. The van der Waals surface area contributed by atoms with Gasteiger partial charge in [0.15, 0.2) is 12.4 Å². The third-order valence-electron chi connectivity index (χ3n) is 3.32. The van der Waals surface area contributed by atoms with Crippen LogP contribution in [0.2, 0.25) is 0 Å². The third-order valence-corrected chi connectivity index (χ3v) is 3.32. The summed E-state index contributed by atoms with van der Waals surface area (Å²) in [6, 6.07) is 12.1. The molecule has 2 rings (SSSR count). The predicted molar refractivity (Wildman–Crippen MR) is 87.8 cm³/mol. The SMILES string of the molecule is CCc1ccc(NC(=O)COc2ccc(C)cc2[N+](=O)[O-])cc1. The van der Waals surface area contributed by atoms with Crippen LogP contribution in [0, 0.1) is 17.0 Å². The van der Waals surface area contributed by atoms with Crippen molar-refractivity contribution in [3.63, 3.8) is 0 Å². The van der Waals surface area contributed by atoms with Gasteiger partial charge in [-0.15, -0.1) is 0 Å². The molecule has 0 radical (unpaired) electrons. The zero-order valence-corrected chi connectivity index (χ0v) is 13.0. The highest BCUT2D eigenvalue weighted by atomic mass is 16.6. The van der Waals surface area contributed by atoms with Crippen LogP contribution in [0.25, 0.3) is 0 Å². The van der Waals surface area contributed by atoms with Gasteiger partial charge >= 0.3 is 5.69 Å². The average Bonchev–Trinajstić information content (AvgIpc) is 2.54. The fraction of sp³-hybridized carbons (Fsp3) is 0.235. The van der Waals surface area contributed by atoms with Crippen LogP contribution in [0.3, 0.4) is 0 Å².